The van der Waals surface area contributed by atoms with Gasteiger partial charge in [-0.1, -0.05) is 5.16 Å². The number of rotatable bonds is 4. The van der Waals surface area contributed by atoms with Gasteiger partial charge in [0.2, 0.25) is 5.89 Å². The number of pyridine rings is 1. The van der Waals surface area contributed by atoms with Crippen molar-refractivity contribution in [2.24, 2.45) is 0 Å². The molecule has 0 amide bonds. The number of hydrogen-bond donors (Lipinski definition) is 2. The smallest absolute Gasteiger partial charge is 0.228 e. The van der Waals surface area contributed by atoms with Crippen molar-refractivity contribution >= 4 is 27.4 Å². The minimum atomic E-state index is 0.596. The zero-order valence-electron chi connectivity index (χ0n) is 8.35. The van der Waals surface area contributed by atoms with Crippen LogP contribution in [0.15, 0.2) is 27.6 Å². The molecule has 2 aromatic rings. The first-order valence-electron chi connectivity index (χ1n) is 4.66. The molecule has 0 aliphatic rings. The first-order valence-corrected chi connectivity index (χ1v) is 5.45. The SMILES string of the molecule is Nc1cnc(NCCc2ncno2)c(Br)c1. The highest BCUT2D eigenvalue weighted by Crippen LogP contribution is 2.21. The van der Waals surface area contributed by atoms with Crippen LogP contribution >= 0.6 is 15.9 Å². The van der Waals surface area contributed by atoms with Crippen LogP contribution in [-0.2, 0) is 6.42 Å². The van der Waals surface area contributed by atoms with E-state index in [1.54, 1.807) is 12.3 Å². The Morgan fingerprint density at radius 1 is 1.44 bits per heavy atom. The summed E-state index contributed by atoms with van der Waals surface area (Å²) in [6.45, 7) is 0.664. The monoisotopic (exact) mass is 283 g/mol. The molecule has 3 N–H and O–H groups in total. The zero-order valence-corrected chi connectivity index (χ0v) is 9.94. The fraction of sp³-hybridized carbons (Fsp3) is 0.222. The van der Waals surface area contributed by atoms with Gasteiger partial charge in [-0.2, -0.15) is 4.98 Å². The molecule has 84 valence electrons. The number of nitrogen functional groups attached to an aromatic ring is 1. The minimum absolute atomic E-state index is 0.596. The van der Waals surface area contributed by atoms with Crippen LogP contribution in [0.25, 0.3) is 0 Å². The molecule has 0 unspecified atom stereocenters. The van der Waals surface area contributed by atoms with Crippen LogP contribution < -0.4 is 11.1 Å². The van der Waals surface area contributed by atoms with E-state index in [0.29, 0.717) is 24.5 Å². The molecule has 7 heteroatoms. The van der Waals surface area contributed by atoms with Gasteiger partial charge in [0.05, 0.1) is 16.4 Å². The van der Waals surface area contributed by atoms with Gasteiger partial charge in [0.25, 0.3) is 0 Å². The van der Waals surface area contributed by atoms with Crippen LogP contribution in [0.3, 0.4) is 0 Å². The second-order valence-electron chi connectivity index (χ2n) is 3.11. The van der Waals surface area contributed by atoms with Crippen molar-refractivity contribution in [3.05, 3.63) is 29.0 Å². The number of anilines is 2. The van der Waals surface area contributed by atoms with Crippen molar-refractivity contribution in [3.8, 4) is 0 Å². The normalized spacial score (nSPS) is 10.3. The van der Waals surface area contributed by atoms with E-state index in [2.05, 4.69) is 36.4 Å². The van der Waals surface area contributed by atoms with Crippen LogP contribution in [0, 0.1) is 0 Å². The van der Waals surface area contributed by atoms with E-state index in [1.165, 1.54) is 6.33 Å². The van der Waals surface area contributed by atoms with Gasteiger partial charge < -0.3 is 15.6 Å². The van der Waals surface area contributed by atoms with Crippen molar-refractivity contribution in [3.63, 3.8) is 0 Å². The minimum Gasteiger partial charge on any atom is -0.397 e. The summed E-state index contributed by atoms with van der Waals surface area (Å²) in [7, 11) is 0. The van der Waals surface area contributed by atoms with E-state index < -0.39 is 0 Å². The van der Waals surface area contributed by atoms with Crippen molar-refractivity contribution in [1.82, 2.24) is 15.1 Å². The summed E-state index contributed by atoms with van der Waals surface area (Å²) in [5.41, 5.74) is 6.20. The van der Waals surface area contributed by atoms with Gasteiger partial charge in [0, 0.05) is 13.0 Å². The van der Waals surface area contributed by atoms with E-state index in [1.807, 2.05) is 0 Å². The Hall–Kier alpha value is -1.63. The third-order valence-electron chi connectivity index (χ3n) is 1.90. The van der Waals surface area contributed by atoms with Gasteiger partial charge >= 0.3 is 0 Å². The second kappa shape index (κ2) is 4.93. The molecule has 0 spiro atoms. The van der Waals surface area contributed by atoms with Crippen LogP contribution in [0.1, 0.15) is 5.89 Å². The quantitative estimate of drug-likeness (QED) is 0.883. The van der Waals surface area contributed by atoms with Crippen LogP contribution in [0.4, 0.5) is 11.5 Å². The van der Waals surface area contributed by atoms with E-state index in [-0.39, 0.29) is 0 Å². The molecule has 2 heterocycles. The lowest BCUT2D eigenvalue weighted by Gasteiger charge is -2.06. The lowest BCUT2D eigenvalue weighted by Crippen LogP contribution is -2.07. The Balaban J connectivity index is 1.90. The Morgan fingerprint density at radius 3 is 3.00 bits per heavy atom. The van der Waals surface area contributed by atoms with E-state index in [0.717, 1.165) is 10.3 Å². The number of nitrogens with two attached hydrogens (primary N) is 1. The molecular formula is C9H10BrN5O. The summed E-state index contributed by atoms with van der Waals surface area (Å²) >= 11 is 3.37. The summed E-state index contributed by atoms with van der Waals surface area (Å²) in [6, 6.07) is 1.79. The summed E-state index contributed by atoms with van der Waals surface area (Å²) < 4.78 is 5.70. The van der Waals surface area contributed by atoms with Crippen LogP contribution in [-0.4, -0.2) is 21.7 Å². The Labute approximate surface area is 100 Å². The number of hydrogen-bond acceptors (Lipinski definition) is 6. The molecule has 0 aliphatic carbocycles. The van der Waals surface area contributed by atoms with Gasteiger partial charge in [-0.3, -0.25) is 0 Å². The van der Waals surface area contributed by atoms with Gasteiger partial charge in [-0.15, -0.1) is 0 Å². The zero-order chi connectivity index (χ0) is 11.4. The maximum Gasteiger partial charge on any atom is 0.228 e. The highest BCUT2D eigenvalue weighted by molar-refractivity contribution is 9.10. The fourth-order valence-corrected chi connectivity index (χ4v) is 1.68. The third kappa shape index (κ3) is 2.69. The van der Waals surface area contributed by atoms with E-state index in [4.69, 9.17) is 10.3 Å². The highest BCUT2D eigenvalue weighted by atomic mass is 79.9. The Morgan fingerprint density at radius 2 is 2.31 bits per heavy atom. The topological polar surface area (TPSA) is 89.9 Å². The molecule has 6 nitrogen and oxygen atoms in total. The summed E-state index contributed by atoms with van der Waals surface area (Å²) in [5.74, 6) is 1.34. The number of halogens is 1. The first-order chi connectivity index (χ1) is 7.75. The second-order valence-corrected chi connectivity index (χ2v) is 3.97. The van der Waals surface area contributed by atoms with Crippen molar-refractivity contribution < 1.29 is 4.52 Å². The predicted octanol–water partition coefficient (Wildman–Crippen LogP) is 1.46. The average Bonchev–Trinajstić information content (AvgIpc) is 2.74. The molecule has 0 saturated heterocycles. The van der Waals surface area contributed by atoms with E-state index >= 15 is 0 Å². The lowest BCUT2D eigenvalue weighted by molar-refractivity contribution is 0.379. The van der Waals surface area contributed by atoms with Gasteiger partial charge in [0.15, 0.2) is 6.33 Å². The van der Waals surface area contributed by atoms with Crippen molar-refractivity contribution in [2.75, 3.05) is 17.6 Å². The molecule has 0 radical (unpaired) electrons. The lowest BCUT2D eigenvalue weighted by atomic mass is 10.4. The molecule has 0 bridgehead atoms. The molecule has 0 aromatic carbocycles. The predicted molar refractivity (Wildman–Crippen MR) is 62.8 cm³/mol. The molecule has 2 aromatic heterocycles. The largest absolute Gasteiger partial charge is 0.397 e. The summed E-state index contributed by atoms with van der Waals surface area (Å²) in [5, 5.41) is 6.66. The molecule has 16 heavy (non-hydrogen) atoms. The van der Waals surface area contributed by atoms with E-state index in [9.17, 15) is 0 Å². The number of aromatic nitrogens is 3. The number of nitrogens with one attached hydrogen (secondary N) is 1. The van der Waals surface area contributed by atoms with Gasteiger partial charge in [-0.05, 0) is 22.0 Å². The summed E-state index contributed by atoms with van der Waals surface area (Å²) in [6.07, 6.45) is 3.63. The Kier molecular flexibility index (Phi) is 3.35. The highest BCUT2D eigenvalue weighted by Gasteiger charge is 2.03. The fourth-order valence-electron chi connectivity index (χ4n) is 1.18. The molecular weight excluding hydrogens is 274 g/mol. The third-order valence-corrected chi connectivity index (χ3v) is 2.51. The Bertz CT molecular complexity index is 459. The molecule has 0 atom stereocenters. The molecule has 0 saturated carbocycles. The van der Waals surface area contributed by atoms with Crippen LogP contribution in [0.2, 0.25) is 0 Å². The molecule has 0 fully saturated rings. The maximum absolute atomic E-state index is 5.58. The molecule has 0 aliphatic heterocycles. The van der Waals surface area contributed by atoms with Crippen molar-refractivity contribution in [2.45, 2.75) is 6.42 Å². The van der Waals surface area contributed by atoms with Crippen molar-refractivity contribution in [1.29, 1.82) is 0 Å². The number of nitrogens with zero attached hydrogens (tertiary/aromatic N) is 3. The standard InChI is InChI=1S/C9H10BrN5O/c10-7-3-6(11)4-13-9(7)12-2-1-8-14-5-15-16-8/h3-5H,1-2,11H2,(H,12,13). The maximum atomic E-state index is 5.58. The van der Waals surface area contributed by atoms with Crippen LogP contribution in [0.5, 0.6) is 0 Å². The van der Waals surface area contributed by atoms with Gasteiger partial charge in [-0.25, -0.2) is 4.98 Å². The van der Waals surface area contributed by atoms with Gasteiger partial charge in [0.1, 0.15) is 5.82 Å². The summed E-state index contributed by atoms with van der Waals surface area (Å²) in [4.78, 5) is 8.06. The molecule has 2 rings (SSSR count). The average molecular weight is 284 g/mol. The first kappa shape index (κ1) is 10.9.